The molecular weight excluding hydrogens is 250 g/mol. The van der Waals surface area contributed by atoms with Crippen molar-refractivity contribution in [3.8, 4) is 5.75 Å². The first kappa shape index (κ1) is 15.0. The third-order valence-corrected chi connectivity index (χ3v) is 3.85. The van der Waals surface area contributed by atoms with Crippen LogP contribution in [-0.2, 0) is 9.84 Å². The van der Waals surface area contributed by atoms with E-state index in [1.165, 1.54) is 6.26 Å². The Morgan fingerprint density at radius 1 is 1.28 bits per heavy atom. The van der Waals surface area contributed by atoms with Gasteiger partial charge in [-0.25, -0.2) is 8.42 Å². The molecule has 1 aromatic rings. The topological polar surface area (TPSA) is 66.4 Å². The van der Waals surface area contributed by atoms with Crippen molar-refractivity contribution in [3.05, 3.63) is 29.8 Å². The molecule has 0 fully saturated rings. The molecule has 0 aliphatic rings. The van der Waals surface area contributed by atoms with E-state index in [4.69, 9.17) is 0 Å². The molecule has 18 heavy (non-hydrogen) atoms. The van der Waals surface area contributed by atoms with Crippen LogP contribution < -0.4 is 5.32 Å². The van der Waals surface area contributed by atoms with Crippen molar-refractivity contribution < 1.29 is 13.5 Å². The van der Waals surface area contributed by atoms with Gasteiger partial charge in [0.05, 0.1) is 5.75 Å². The highest BCUT2D eigenvalue weighted by atomic mass is 32.2. The smallest absolute Gasteiger partial charge is 0.148 e. The van der Waals surface area contributed by atoms with Gasteiger partial charge in [0.2, 0.25) is 0 Å². The Hall–Kier alpha value is -1.07. The minimum atomic E-state index is -2.97. The fraction of sp³-hybridized carbons (Fsp3) is 0.538. The van der Waals surface area contributed by atoms with E-state index in [1.54, 1.807) is 12.1 Å². The van der Waals surface area contributed by atoms with Gasteiger partial charge >= 0.3 is 0 Å². The summed E-state index contributed by atoms with van der Waals surface area (Å²) in [5, 5.41) is 12.5. The highest BCUT2D eigenvalue weighted by Gasteiger charge is 2.15. The van der Waals surface area contributed by atoms with Gasteiger partial charge in [0, 0.05) is 18.3 Å². The second-order valence-electron chi connectivity index (χ2n) is 4.71. The lowest BCUT2D eigenvalue weighted by Gasteiger charge is -2.22. The van der Waals surface area contributed by atoms with Crippen molar-refractivity contribution in [2.75, 3.05) is 12.0 Å². The molecule has 0 saturated carbocycles. The zero-order valence-electron chi connectivity index (χ0n) is 11.1. The zero-order chi connectivity index (χ0) is 13.8. The Morgan fingerprint density at radius 2 is 1.83 bits per heavy atom. The highest BCUT2D eigenvalue weighted by Crippen LogP contribution is 2.20. The number of nitrogens with one attached hydrogen (secondary N) is 1. The maximum Gasteiger partial charge on any atom is 0.148 e. The van der Waals surface area contributed by atoms with E-state index in [9.17, 15) is 13.5 Å². The number of phenols is 1. The van der Waals surface area contributed by atoms with Gasteiger partial charge in [-0.05, 0) is 31.0 Å². The van der Waals surface area contributed by atoms with Crippen molar-refractivity contribution in [1.29, 1.82) is 0 Å². The minimum Gasteiger partial charge on any atom is -0.508 e. The van der Waals surface area contributed by atoms with Crippen LogP contribution in [0.5, 0.6) is 5.75 Å². The van der Waals surface area contributed by atoms with Crippen molar-refractivity contribution >= 4 is 9.84 Å². The number of sulfone groups is 1. The molecule has 0 saturated heterocycles. The van der Waals surface area contributed by atoms with E-state index in [2.05, 4.69) is 5.32 Å². The summed E-state index contributed by atoms with van der Waals surface area (Å²) in [6, 6.07) is 6.98. The molecule has 0 bridgehead atoms. The fourth-order valence-corrected chi connectivity index (χ4v) is 3.01. The molecule has 102 valence electrons. The lowest BCUT2D eigenvalue weighted by molar-refractivity contribution is 0.459. The average Bonchev–Trinajstić information content (AvgIpc) is 2.25. The zero-order valence-corrected chi connectivity index (χ0v) is 11.9. The van der Waals surface area contributed by atoms with E-state index in [0.717, 1.165) is 12.0 Å². The summed E-state index contributed by atoms with van der Waals surface area (Å²) >= 11 is 0. The summed E-state index contributed by atoms with van der Waals surface area (Å²) < 4.78 is 22.4. The summed E-state index contributed by atoms with van der Waals surface area (Å²) in [4.78, 5) is 0. The molecule has 0 radical (unpaired) electrons. The molecule has 2 N–H and O–H groups in total. The highest BCUT2D eigenvalue weighted by molar-refractivity contribution is 7.90. The normalized spacial score (nSPS) is 15.3. The van der Waals surface area contributed by atoms with Gasteiger partial charge in [-0.1, -0.05) is 19.1 Å². The van der Waals surface area contributed by atoms with Crippen molar-refractivity contribution in [1.82, 2.24) is 5.32 Å². The van der Waals surface area contributed by atoms with Gasteiger partial charge in [0.25, 0.3) is 0 Å². The summed E-state index contributed by atoms with van der Waals surface area (Å²) in [7, 11) is -2.97. The lowest BCUT2D eigenvalue weighted by atomic mass is 10.0. The van der Waals surface area contributed by atoms with E-state index in [0.29, 0.717) is 0 Å². The number of hydrogen-bond acceptors (Lipinski definition) is 4. The van der Waals surface area contributed by atoms with Gasteiger partial charge in [-0.15, -0.1) is 0 Å². The third kappa shape index (κ3) is 5.06. The molecule has 4 nitrogen and oxygen atoms in total. The molecule has 2 atom stereocenters. The largest absolute Gasteiger partial charge is 0.508 e. The van der Waals surface area contributed by atoms with Crippen LogP contribution in [0.4, 0.5) is 0 Å². The second-order valence-corrected chi connectivity index (χ2v) is 6.90. The van der Waals surface area contributed by atoms with Gasteiger partial charge in [-0.3, -0.25) is 0 Å². The molecule has 0 spiro atoms. The summed E-state index contributed by atoms with van der Waals surface area (Å²) in [6.45, 7) is 3.90. The number of phenolic OH excluding ortho intramolecular Hbond substituents is 1. The molecule has 1 aromatic carbocycles. The maximum absolute atomic E-state index is 11.2. The molecular formula is C13H21NO3S. The van der Waals surface area contributed by atoms with Crippen LogP contribution in [0.15, 0.2) is 24.3 Å². The Kier molecular flexibility index (Phi) is 5.16. The number of benzene rings is 1. The van der Waals surface area contributed by atoms with E-state index >= 15 is 0 Å². The van der Waals surface area contributed by atoms with Crippen LogP contribution in [0.25, 0.3) is 0 Å². The van der Waals surface area contributed by atoms with Crippen LogP contribution in [-0.4, -0.2) is 31.6 Å². The number of rotatable bonds is 6. The molecule has 0 aliphatic carbocycles. The average molecular weight is 271 g/mol. The number of aromatic hydroxyl groups is 1. The van der Waals surface area contributed by atoms with Gasteiger partial charge in [-0.2, -0.15) is 0 Å². The Bertz CT molecular complexity index is 468. The van der Waals surface area contributed by atoms with E-state index < -0.39 is 9.84 Å². The van der Waals surface area contributed by atoms with Crippen LogP contribution >= 0.6 is 0 Å². The molecule has 5 heteroatoms. The molecule has 0 aliphatic heterocycles. The number of hydrogen-bond donors (Lipinski definition) is 2. The standard InChI is InChI=1S/C13H21NO3S/c1-4-13(11-5-7-12(15)8-6-11)14-10(2)9-18(3,16)17/h5-8,10,13-15H,4,9H2,1-3H3. The first-order valence-electron chi connectivity index (χ1n) is 6.04. The van der Waals surface area contributed by atoms with Crippen LogP contribution in [0.2, 0.25) is 0 Å². The summed E-state index contributed by atoms with van der Waals surface area (Å²) in [5.74, 6) is 0.361. The molecule has 2 unspecified atom stereocenters. The maximum atomic E-state index is 11.2. The quantitative estimate of drug-likeness (QED) is 0.829. The second kappa shape index (κ2) is 6.20. The van der Waals surface area contributed by atoms with Crippen LogP contribution in [0.1, 0.15) is 31.9 Å². The summed E-state index contributed by atoms with van der Waals surface area (Å²) in [6.07, 6.45) is 2.10. The van der Waals surface area contributed by atoms with Gasteiger partial charge in [0.15, 0.2) is 0 Å². The van der Waals surface area contributed by atoms with E-state index in [-0.39, 0.29) is 23.6 Å². The Morgan fingerprint density at radius 3 is 2.28 bits per heavy atom. The molecule has 0 heterocycles. The fourth-order valence-electron chi connectivity index (χ4n) is 2.00. The predicted octanol–water partition coefficient (Wildman–Crippen LogP) is 1.87. The summed E-state index contributed by atoms with van der Waals surface area (Å²) in [5.41, 5.74) is 1.05. The van der Waals surface area contributed by atoms with E-state index in [1.807, 2.05) is 26.0 Å². The third-order valence-electron chi connectivity index (χ3n) is 2.74. The molecule has 1 rings (SSSR count). The SMILES string of the molecule is CCC(NC(C)CS(C)(=O)=O)c1ccc(O)cc1. The van der Waals surface area contributed by atoms with Crippen molar-refractivity contribution in [2.45, 2.75) is 32.4 Å². The lowest BCUT2D eigenvalue weighted by Crippen LogP contribution is -2.35. The first-order valence-corrected chi connectivity index (χ1v) is 8.10. The Labute approximate surface area is 109 Å². The van der Waals surface area contributed by atoms with Gasteiger partial charge < -0.3 is 10.4 Å². The van der Waals surface area contributed by atoms with Crippen LogP contribution in [0.3, 0.4) is 0 Å². The minimum absolute atomic E-state index is 0.0984. The van der Waals surface area contributed by atoms with Gasteiger partial charge in [0.1, 0.15) is 15.6 Å². The van der Waals surface area contributed by atoms with Crippen molar-refractivity contribution in [3.63, 3.8) is 0 Å². The monoisotopic (exact) mass is 271 g/mol. The Balaban J connectivity index is 2.70. The molecule has 0 aromatic heterocycles. The van der Waals surface area contributed by atoms with Crippen LogP contribution in [0, 0.1) is 0 Å². The predicted molar refractivity (Wildman–Crippen MR) is 73.4 cm³/mol. The first-order chi connectivity index (χ1) is 8.31. The molecule has 0 amide bonds. The van der Waals surface area contributed by atoms with Crippen molar-refractivity contribution in [2.24, 2.45) is 0 Å².